The Balaban J connectivity index is 1.89. The van der Waals surface area contributed by atoms with E-state index in [4.69, 9.17) is 0 Å². The number of carbonyl (C=O) groups excluding carboxylic acids is 2. The van der Waals surface area contributed by atoms with Gasteiger partial charge in [0, 0.05) is 18.8 Å². The third-order valence-electron chi connectivity index (χ3n) is 3.46. The SMILES string of the molecule is O=C1Nc2cc(N3CCCC(O)C3)ccc2C1=O. The first-order valence-corrected chi connectivity index (χ1v) is 6.08. The Kier molecular flexibility index (Phi) is 2.56. The number of β-amino-alcohol motifs (C(OH)–C–C–N with tert-alkyl or cyclic N) is 1. The molecule has 0 saturated carbocycles. The third kappa shape index (κ3) is 1.76. The molecule has 94 valence electrons. The van der Waals surface area contributed by atoms with Crippen LogP contribution in [0.4, 0.5) is 11.4 Å². The summed E-state index contributed by atoms with van der Waals surface area (Å²) in [5.74, 6) is -1.05. The second-order valence-electron chi connectivity index (χ2n) is 4.76. The smallest absolute Gasteiger partial charge is 0.296 e. The molecule has 1 saturated heterocycles. The molecule has 3 rings (SSSR count). The summed E-state index contributed by atoms with van der Waals surface area (Å²) in [4.78, 5) is 24.8. The van der Waals surface area contributed by atoms with E-state index < -0.39 is 11.7 Å². The van der Waals surface area contributed by atoms with E-state index in [0.29, 0.717) is 17.8 Å². The van der Waals surface area contributed by atoms with Crippen LogP contribution in [0.3, 0.4) is 0 Å². The van der Waals surface area contributed by atoms with Gasteiger partial charge >= 0.3 is 0 Å². The van der Waals surface area contributed by atoms with Gasteiger partial charge in [0.1, 0.15) is 0 Å². The Morgan fingerprint density at radius 2 is 2.17 bits per heavy atom. The Morgan fingerprint density at radius 1 is 1.33 bits per heavy atom. The first kappa shape index (κ1) is 11.2. The van der Waals surface area contributed by atoms with Crippen LogP contribution >= 0.6 is 0 Å². The summed E-state index contributed by atoms with van der Waals surface area (Å²) < 4.78 is 0. The zero-order valence-corrected chi connectivity index (χ0v) is 9.85. The Morgan fingerprint density at radius 3 is 2.94 bits per heavy atom. The molecule has 18 heavy (non-hydrogen) atoms. The van der Waals surface area contributed by atoms with Gasteiger partial charge in [0.2, 0.25) is 0 Å². The third-order valence-corrected chi connectivity index (χ3v) is 3.46. The van der Waals surface area contributed by atoms with Gasteiger partial charge in [0.15, 0.2) is 0 Å². The number of nitrogens with zero attached hydrogens (tertiary/aromatic N) is 1. The van der Waals surface area contributed by atoms with Crippen LogP contribution < -0.4 is 10.2 Å². The molecule has 1 atom stereocenters. The van der Waals surface area contributed by atoms with Crippen LogP contribution in [0.15, 0.2) is 18.2 Å². The molecular weight excluding hydrogens is 232 g/mol. The lowest BCUT2D eigenvalue weighted by molar-refractivity contribution is -0.112. The van der Waals surface area contributed by atoms with Crippen molar-refractivity contribution < 1.29 is 14.7 Å². The van der Waals surface area contributed by atoms with Crippen LogP contribution in [0.25, 0.3) is 0 Å². The number of benzene rings is 1. The Hall–Kier alpha value is -1.88. The minimum Gasteiger partial charge on any atom is -0.391 e. The molecule has 0 spiro atoms. The maximum atomic E-state index is 11.5. The topological polar surface area (TPSA) is 69.6 Å². The summed E-state index contributed by atoms with van der Waals surface area (Å²) in [6, 6.07) is 5.30. The first-order chi connectivity index (χ1) is 8.65. The van der Waals surface area contributed by atoms with E-state index in [9.17, 15) is 14.7 Å². The van der Waals surface area contributed by atoms with Crippen LogP contribution in [-0.4, -0.2) is 36.0 Å². The van der Waals surface area contributed by atoms with Gasteiger partial charge in [-0.25, -0.2) is 0 Å². The molecule has 2 aliphatic rings. The van der Waals surface area contributed by atoms with Gasteiger partial charge < -0.3 is 15.3 Å². The van der Waals surface area contributed by atoms with Gasteiger partial charge in [-0.2, -0.15) is 0 Å². The average molecular weight is 246 g/mol. The first-order valence-electron chi connectivity index (χ1n) is 6.08. The lowest BCUT2D eigenvalue weighted by Crippen LogP contribution is -2.38. The number of amides is 1. The van der Waals surface area contributed by atoms with Crippen molar-refractivity contribution >= 4 is 23.1 Å². The number of fused-ring (bicyclic) bond motifs is 1. The molecule has 5 heteroatoms. The van der Waals surface area contributed by atoms with Gasteiger partial charge in [0.25, 0.3) is 11.7 Å². The lowest BCUT2D eigenvalue weighted by atomic mass is 10.1. The number of carbonyl (C=O) groups is 2. The molecule has 1 amide bonds. The van der Waals surface area contributed by atoms with Crippen molar-refractivity contribution in [2.45, 2.75) is 18.9 Å². The summed E-state index contributed by atoms with van der Waals surface area (Å²) >= 11 is 0. The average Bonchev–Trinajstić information content (AvgIpc) is 2.65. The van der Waals surface area contributed by atoms with Crippen molar-refractivity contribution in [2.75, 3.05) is 23.3 Å². The summed E-state index contributed by atoms with van der Waals surface area (Å²) in [5.41, 5.74) is 1.94. The minimum absolute atomic E-state index is 0.303. The molecule has 1 aromatic carbocycles. The molecule has 0 bridgehead atoms. The molecule has 1 aromatic rings. The normalized spacial score (nSPS) is 22.9. The fourth-order valence-electron chi connectivity index (χ4n) is 2.52. The zero-order chi connectivity index (χ0) is 12.7. The largest absolute Gasteiger partial charge is 0.391 e. The number of hydrogen-bond donors (Lipinski definition) is 2. The Labute approximate surface area is 104 Å². The molecule has 2 heterocycles. The lowest BCUT2D eigenvalue weighted by Gasteiger charge is -2.32. The quantitative estimate of drug-likeness (QED) is 0.718. The summed E-state index contributed by atoms with van der Waals surface area (Å²) in [7, 11) is 0. The molecule has 0 aromatic heterocycles. The van der Waals surface area contributed by atoms with Gasteiger partial charge in [0.05, 0.1) is 17.4 Å². The minimum atomic E-state index is -0.569. The molecule has 1 unspecified atom stereocenters. The number of aliphatic hydroxyl groups is 1. The van der Waals surface area contributed by atoms with Crippen LogP contribution in [0.1, 0.15) is 23.2 Å². The standard InChI is InChI=1S/C13H14N2O3/c16-9-2-1-5-15(7-9)8-3-4-10-11(6-8)14-13(18)12(10)17/h3-4,6,9,16H,1-2,5,7H2,(H,14,17,18). The van der Waals surface area contributed by atoms with Crippen molar-refractivity contribution in [3.05, 3.63) is 23.8 Å². The molecule has 5 nitrogen and oxygen atoms in total. The predicted octanol–water partition coefficient (Wildman–Crippen LogP) is 0.782. The zero-order valence-electron chi connectivity index (χ0n) is 9.85. The number of rotatable bonds is 1. The van der Waals surface area contributed by atoms with E-state index in [1.54, 1.807) is 12.1 Å². The molecule has 2 aliphatic heterocycles. The van der Waals surface area contributed by atoms with E-state index in [1.807, 2.05) is 6.07 Å². The number of Topliss-reactive ketones (excluding diaryl/α,β-unsaturated/α-hetero) is 1. The van der Waals surface area contributed by atoms with Crippen LogP contribution in [0.2, 0.25) is 0 Å². The van der Waals surface area contributed by atoms with Crippen molar-refractivity contribution in [2.24, 2.45) is 0 Å². The number of piperidine rings is 1. The number of ketones is 1. The second kappa shape index (κ2) is 4.10. The molecule has 2 N–H and O–H groups in total. The Bertz CT molecular complexity index is 527. The van der Waals surface area contributed by atoms with E-state index >= 15 is 0 Å². The summed E-state index contributed by atoms with van der Waals surface area (Å²) in [6.07, 6.45) is 1.48. The number of hydrogen-bond acceptors (Lipinski definition) is 4. The summed E-state index contributed by atoms with van der Waals surface area (Å²) in [5, 5.41) is 12.2. The molecule has 0 radical (unpaired) electrons. The van der Waals surface area contributed by atoms with Crippen molar-refractivity contribution in [3.63, 3.8) is 0 Å². The number of aliphatic hydroxyl groups excluding tert-OH is 1. The van der Waals surface area contributed by atoms with Gasteiger partial charge in [-0.1, -0.05) is 0 Å². The number of nitrogens with one attached hydrogen (secondary N) is 1. The highest BCUT2D eigenvalue weighted by Crippen LogP contribution is 2.29. The maximum absolute atomic E-state index is 11.5. The summed E-state index contributed by atoms with van der Waals surface area (Å²) in [6.45, 7) is 1.48. The molecular formula is C13H14N2O3. The van der Waals surface area contributed by atoms with Crippen molar-refractivity contribution in [3.8, 4) is 0 Å². The van der Waals surface area contributed by atoms with E-state index in [2.05, 4.69) is 10.2 Å². The van der Waals surface area contributed by atoms with Crippen LogP contribution in [0, 0.1) is 0 Å². The van der Waals surface area contributed by atoms with E-state index in [0.717, 1.165) is 25.1 Å². The van der Waals surface area contributed by atoms with Crippen LogP contribution in [0.5, 0.6) is 0 Å². The van der Waals surface area contributed by atoms with Gasteiger partial charge in [-0.05, 0) is 31.0 Å². The van der Waals surface area contributed by atoms with Gasteiger partial charge in [-0.3, -0.25) is 9.59 Å². The highest BCUT2D eigenvalue weighted by molar-refractivity contribution is 6.51. The van der Waals surface area contributed by atoms with Gasteiger partial charge in [-0.15, -0.1) is 0 Å². The van der Waals surface area contributed by atoms with Crippen molar-refractivity contribution in [1.29, 1.82) is 0 Å². The fraction of sp³-hybridized carbons (Fsp3) is 0.385. The highest BCUT2D eigenvalue weighted by Gasteiger charge is 2.28. The molecule has 1 fully saturated rings. The van der Waals surface area contributed by atoms with E-state index in [1.165, 1.54) is 0 Å². The number of anilines is 2. The monoisotopic (exact) mass is 246 g/mol. The van der Waals surface area contributed by atoms with Crippen molar-refractivity contribution in [1.82, 2.24) is 0 Å². The second-order valence-corrected chi connectivity index (χ2v) is 4.76. The molecule has 0 aliphatic carbocycles. The maximum Gasteiger partial charge on any atom is 0.296 e. The van der Waals surface area contributed by atoms with E-state index in [-0.39, 0.29) is 6.10 Å². The highest BCUT2D eigenvalue weighted by atomic mass is 16.3. The van der Waals surface area contributed by atoms with Crippen LogP contribution in [-0.2, 0) is 4.79 Å². The fourth-order valence-corrected chi connectivity index (χ4v) is 2.52. The predicted molar refractivity (Wildman–Crippen MR) is 66.9 cm³/mol.